The van der Waals surface area contributed by atoms with Crippen molar-refractivity contribution in [1.82, 2.24) is 5.32 Å². The van der Waals surface area contributed by atoms with Crippen molar-refractivity contribution in [3.05, 3.63) is 82.9 Å². The smallest absolute Gasteiger partial charge is 0.250 e. The van der Waals surface area contributed by atoms with E-state index in [-0.39, 0.29) is 23.8 Å². The molecule has 176 valence electrons. The van der Waals surface area contributed by atoms with Crippen molar-refractivity contribution in [2.45, 2.75) is 18.0 Å². The number of amides is 3. The minimum absolute atomic E-state index is 0.250. The number of para-hydroxylation sites is 1. The maximum absolute atomic E-state index is 13.9. The first-order valence-electron chi connectivity index (χ1n) is 11.1. The van der Waals surface area contributed by atoms with E-state index < -0.39 is 35.2 Å². The number of imide groups is 1. The van der Waals surface area contributed by atoms with Crippen molar-refractivity contribution in [3.63, 3.8) is 0 Å². The lowest BCUT2D eigenvalue weighted by Gasteiger charge is -2.29. The molecule has 3 aliphatic rings. The second kappa shape index (κ2) is 7.56. The van der Waals surface area contributed by atoms with Crippen LogP contribution in [0.15, 0.2) is 66.7 Å². The van der Waals surface area contributed by atoms with Gasteiger partial charge < -0.3 is 15.5 Å². The Kier molecular flexibility index (Phi) is 4.67. The summed E-state index contributed by atoms with van der Waals surface area (Å²) >= 11 is 6.01. The number of nitrogens with one attached hydrogen (secondary N) is 2. The van der Waals surface area contributed by atoms with Crippen LogP contribution in [0.25, 0.3) is 0 Å². The molecule has 3 aromatic carbocycles. The summed E-state index contributed by atoms with van der Waals surface area (Å²) in [5.74, 6) is -3.59. The van der Waals surface area contributed by atoms with Crippen molar-refractivity contribution < 1.29 is 24.6 Å². The second-order valence-corrected chi connectivity index (χ2v) is 9.51. The fourth-order valence-corrected chi connectivity index (χ4v) is 5.85. The molecule has 2 saturated heterocycles. The molecule has 35 heavy (non-hydrogen) atoms. The van der Waals surface area contributed by atoms with Crippen LogP contribution in [0.4, 0.5) is 11.4 Å². The monoisotopic (exact) mass is 489 g/mol. The van der Waals surface area contributed by atoms with Gasteiger partial charge in [0.2, 0.25) is 17.7 Å². The number of rotatable bonds is 3. The van der Waals surface area contributed by atoms with Crippen molar-refractivity contribution in [2.75, 3.05) is 10.2 Å². The predicted octanol–water partition coefficient (Wildman–Crippen LogP) is 2.92. The van der Waals surface area contributed by atoms with E-state index in [9.17, 15) is 24.6 Å². The minimum atomic E-state index is -1.42. The number of anilines is 2. The predicted molar refractivity (Wildman–Crippen MR) is 128 cm³/mol. The number of carbonyl (C=O) groups is 3. The minimum Gasteiger partial charge on any atom is -0.504 e. The number of carbonyl (C=O) groups excluding carboxylic acids is 3. The summed E-state index contributed by atoms with van der Waals surface area (Å²) < 4.78 is 0. The highest BCUT2D eigenvalue weighted by Crippen LogP contribution is 2.54. The van der Waals surface area contributed by atoms with Gasteiger partial charge in [-0.05, 0) is 54.4 Å². The molecular weight excluding hydrogens is 470 g/mol. The van der Waals surface area contributed by atoms with Crippen molar-refractivity contribution in [2.24, 2.45) is 11.8 Å². The van der Waals surface area contributed by atoms with Crippen LogP contribution < -0.4 is 15.5 Å². The first-order valence-corrected chi connectivity index (χ1v) is 11.5. The van der Waals surface area contributed by atoms with E-state index in [2.05, 4.69) is 10.6 Å². The summed E-state index contributed by atoms with van der Waals surface area (Å²) in [6.45, 7) is 0. The summed E-state index contributed by atoms with van der Waals surface area (Å²) in [4.78, 5) is 42.3. The third-order valence-electron chi connectivity index (χ3n) is 7.20. The summed E-state index contributed by atoms with van der Waals surface area (Å²) in [5, 5.41) is 26.4. The molecule has 0 aromatic heterocycles. The number of hydrogen-bond acceptors (Lipinski definition) is 6. The number of phenolic OH excluding ortho intramolecular Hbond substituents is 2. The van der Waals surface area contributed by atoms with Gasteiger partial charge in [0.15, 0.2) is 11.5 Å². The highest BCUT2D eigenvalue weighted by molar-refractivity contribution is 6.31. The maximum Gasteiger partial charge on any atom is 0.250 e. The van der Waals surface area contributed by atoms with Crippen LogP contribution >= 0.6 is 11.6 Å². The Bertz CT molecular complexity index is 1410. The van der Waals surface area contributed by atoms with Gasteiger partial charge in [0.1, 0.15) is 5.54 Å². The zero-order chi connectivity index (χ0) is 24.5. The highest BCUT2D eigenvalue weighted by atomic mass is 35.5. The number of benzene rings is 3. The highest BCUT2D eigenvalue weighted by Gasteiger charge is 2.70. The van der Waals surface area contributed by atoms with E-state index in [0.29, 0.717) is 27.5 Å². The van der Waals surface area contributed by atoms with Gasteiger partial charge in [-0.3, -0.25) is 19.7 Å². The van der Waals surface area contributed by atoms with Gasteiger partial charge in [0.05, 0.1) is 17.5 Å². The topological polar surface area (TPSA) is 119 Å². The molecule has 9 heteroatoms. The lowest BCUT2D eigenvalue weighted by molar-refractivity contribution is -0.130. The summed E-state index contributed by atoms with van der Waals surface area (Å²) in [5.41, 5.74) is 0.831. The molecule has 3 aliphatic heterocycles. The van der Waals surface area contributed by atoms with Gasteiger partial charge in [0.25, 0.3) is 0 Å². The largest absolute Gasteiger partial charge is 0.504 e. The van der Waals surface area contributed by atoms with Gasteiger partial charge in [-0.1, -0.05) is 35.9 Å². The number of halogens is 1. The van der Waals surface area contributed by atoms with Crippen molar-refractivity contribution in [1.29, 1.82) is 0 Å². The first kappa shape index (κ1) is 21.6. The van der Waals surface area contributed by atoms with E-state index >= 15 is 0 Å². The lowest BCUT2D eigenvalue weighted by Crippen LogP contribution is -2.53. The third-order valence-corrected chi connectivity index (χ3v) is 7.45. The number of phenols is 2. The van der Waals surface area contributed by atoms with E-state index in [4.69, 9.17) is 11.6 Å². The fourth-order valence-electron chi connectivity index (χ4n) is 5.73. The van der Waals surface area contributed by atoms with Crippen LogP contribution in [0.3, 0.4) is 0 Å². The normalized spacial score (nSPS) is 26.8. The van der Waals surface area contributed by atoms with E-state index in [0.717, 1.165) is 4.90 Å². The van der Waals surface area contributed by atoms with Crippen LogP contribution in [-0.2, 0) is 26.3 Å². The van der Waals surface area contributed by atoms with Crippen molar-refractivity contribution in [3.8, 4) is 11.5 Å². The van der Waals surface area contributed by atoms with Gasteiger partial charge in [-0.15, -0.1) is 0 Å². The Labute approximate surface area is 205 Å². The SMILES string of the molecule is O=C1[C@@H]2[C@H](Cc3ccc(O)c(O)c3)N[C@@]3(C(=O)Nc4ccccc43)[C@H]2C(=O)N1c1ccc(Cl)cc1. The van der Waals surface area contributed by atoms with Gasteiger partial charge in [-0.25, -0.2) is 4.90 Å². The molecule has 0 unspecified atom stereocenters. The molecule has 4 N–H and O–H groups in total. The average molecular weight is 490 g/mol. The molecule has 8 nitrogen and oxygen atoms in total. The standard InChI is InChI=1S/C26H20ClN3O5/c27-14-6-8-15(9-7-14)30-23(33)21-18(11-13-5-10-19(31)20(32)12-13)29-26(22(21)24(30)34)16-3-1-2-4-17(16)28-25(26)35/h1-10,12,18,21-22,29,31-32H,11H2,(H,28,35)/t18-,21+,22+,26+/m0/s1. The summed E-state index contributed by atoms with van der Waals surface area (Å²) in [7, 11) is 0. The zero-order valence-electron chi connectivity index (χ0n) is 18.2. The molecular formula is C26H20ClN3O5. The molecule has 0 aliphatic carbocycles. The van der Waals surface area contributed by atoms with Crippen LogP contribution in [0.5, 0.6) is 11.5 Å². The van der Waals surface area contributed by atoms with E-state index in [1.807, 2.05) is 0 Å². The third kappa shape index (κ3) is 3.00. The number of aromatic hydroxyl groups is 2. The van der Waals surface area contributed by atoms with Gasteiger partial charge >= 0.3 is 0 Å². The molecule has 0 saturated carbocycles. The first-order chi connectivity index (χ1) is 16.8. The molecule has 6 rings (SSSR count). The van der Waals surface area contributed by atoms with Gasteiger partial charge in [0, 0.05) is 22.3 Å². The Morgan fingerprint density at radius 3 is 2.40 bits per heavy atom. The number of fused-ring (bicyclic) bond motifs is 4. The molecule has 3 amide bonds. The maximum atomic E-state index is 13.9. The molecule has 0 radical (unpaired) electrons. The van der Waals surface area contributed by atoms with Gasteiger partial charge in [-0.2, -0.15) is 0 Å². The Hall–Kier alpha value is -3.88. The molecule has 0 bridgehead atoms. The quantitative estimate of drug-likeness (QED) is 0.332. The zero-order valence-corrected chi connectivity index (χ0v) is 19.0. The Morgan fingerprint density at radius 2 is 1.66 bits per heavy atom. The van der Waals surface area contributed by atoms with Crippen LogP contribution in [0, 0.1) is 11.8 Å². The summed E-state index contributed by atoms with van der Waals surface area (Å²) in [6, 6.07) is 17.4. The molecule has 3 heterocycles. The fraction of sp³-hybridized carbons (Fsp3) is 0.192. The summed E-state index contributed by atoms with van der Waals surface area (Å²) in [6.07, 6.45) is 0.250. The van der Waals surface area contributed by atoms with Crippen molar-refractivity contribution >= 4 is 40.7 Å². The molecule has 2 fully saturated rings. The second-order valence-electron chi connectivity index (χ2n) is 9.08. The Morgan fingerprint density at radius 1 is 0.914 bits per heavy atom. The number of hydrogen-bond donors (Lipinski definition) is 4. The van der Waals surface area contributed by atoms with E-state index in [1.165, 1.54) is 12.1 Å². The number of nitrogens with zero attached hydrogens (tertiary/aromatic N) is 1. The molecule has 1 spiro atoms. The van der Waals surface area contributed by atoms with E-state index in [1.54, 1.807) is 54.6 Å². The van der Waals surface area contributed by atoms with Crippen LogP contribution in [0.1, 0.15) is 11.1 Å². The average Bonchev–Trinajstić information content (AvgIpc) is 3.42. The Balaban J connectivity index is 1.48. The molecule has 3 aromatic rings. The van der Waals surface area contributed by atoms with Crippen LogP contribution in [0.2, 0.25) is 5.02 Å². The van der Waals surface area contributed by atoms with Crippen LogP contribution in [-0.4, -0.2) is 34.0 Å². The lowest BCUT2D eigenvalue weighted by atomic mass is 9.76. The molecule has 4 atom stereocenters.